The number of para-hydroxylation sites is 1. The van der Waals surface area contributed by atoms with Crippen molar-refractivity contribution in [1.29, 1.82) is 0 Å². The number of likely N-dealkylation sites (tertiary alicyclic amines) is 1. The van der Waals surface area contributed by atoms with Crippen LogP contribution in [-0.4, -0.2) is 32.3 Å². The molecule has 0 aromatic heterocycles. The number of amides is 1. The number of hydrogen-bond acceptors (Lipinski definition) is 4. The lowest BCUT2D eigenvalue weighted by atomic mass is 9.99. The molecule has 3 aromatic carbocycles. The van der Waals surface area contributed by atoms with E-state index < -0.39 is 10.0 Å². The van der Waals surface area contributed by atoms with Gasteiger partial charge in [-0.2, -0.15) is 0 Å². The van der Waals surface area contributed by atoms with E-state index in [4.69, 9.17) is 0 Å². The molecule has 1 aliphatic rings. The van der Waals surface area contributed by atoms with Crippen molar-refractivity contribution in [1.82, 2.24) is 4.90 Å². The third-order valence-corrected chi connectivity index (χ3v) is 7.21. The van der Waals surface area contributed by atoms with Crippen LogP contribution in [-0.2, 0) is 16.6 Å². The van der Waals surface area contributed by atoms with E-state index in [1.807, 2.05) is 30.3 Å². The Balaban J connectivity index is 1.35. The first-order valence-electron chi connectivity index (χ1n) is 11.2. The van der Waals surface area contributed by atoms with Crippen LogP contribution in [0.15, 0.2) is 83.8 Å². The molecule has 2 N–H and O–H groups in total. The molecule has 6 nitrogen and oxygen atoms in total. The maximum atomic E-state index is 12.6. The predicted molar refractivity (Wildman–Crippen MR) is 132 cm³/mol. The molecule has 172 valence electrons. The summed E-state index contributed by atoms with van der Waals surface area (Å²) in [6.45, 7) is 5.44. The van der Waals surface area contributed by atoms with Gasteiger partial charge < -0.3 is 5.32 Å². The lowest BCUT2D eigenvalue weighted by Crippen LogP contribution is -2.33. The number of rotatable bonds is 7. The molecule has 0 aliphatic carbocycles. The van der Waals surface area contributed by atoms with Gasteiger partial charge in [-0.05, 0) is 79.4 Å². The van der Waals surface area contributed by atoms with E-state index in [1.165, 1.54) is 30.5 Å². The van der Waals surface area contributed by atoms with Crippen LogP contribution >= 0.6 is 0 Å². The summed E-state index contributed by atoms with van der Waals surface area (Å²) in [4.78, 5) is 15.2. The van der Waals surface area contributed by atoms with E-state index in [0.29, 0.717) is 16.9 Å². The summed E-state index contributed by atoms with van der Waals surface area (Å²) in [7, 11) is -3.70. The van der Waals surface area contributed by atoms with Crippen molar-refractivity contribution in [2.24, 2.45) is 5.92 Å². The maximum absolute atomic E-state index is 12.6. The number of carbonyl (C=O) groups excluding carboxylic acids is 1. The fourth-order valence-electron chi connectivity index (χ4n) is 4.09. The Bertz CT molecular complexity index is 1180. The van der Waals surface area contributed by atoms with Crippen LogP contribution in [0.4, 0.5) is 11.4 Å². The zero-order valence-electron chi connectivity index (χ0n) is 18.7. The van der Waals surface area contributed by atoms with Gasteiger partial charge in [0.15, 0.2) is 0 Å². The molecule has 0 radical (unpaired) electrons. The normalized spacial score (nSPS) is 16.8. The van der Waals surface area contributed by atoms with Crippen molar-refractivity contribution in [2.75, 3.05) is 23.1 Å². The molecule has 0 bridgehead atoms. The van der Waals surface area contributed by atoms with Gasteiger partial charge in [-0.1, -0.05) is 37.3 Å². The van der Waals surface area contributed by atoms with Crippen LogP contribution in [0.3, 0.4) is 0 Å². The quantitative estimate of drug-likeness (QED) is 0.518. The zero-order chi connectivity index (χ0) is 23.3. The summed E-state index contributed by atoms with van der Waals surface area (Å²) >= 11 is 0. The molecule has 1 amide bonds. The molecule has 0 spiro atoms. The monoisotopic (exact) mass is 463 g/mol. The molecule has 33 heavy (non-hydrogen) atoms. The summed E-state index contributed by atoms with van der Waals surface area (Å²) in [5, 5.41) is 2.83. The summed E-state index contributed by atoms with van der Waals surface area (Å²) in [6.07, 6.45) is 2.54. The highest BCUT2D eigenvalue weighted by Crippen LogP contribution is 2.20. The minimum absolute atomic E-state index is 0.126. The number of anilines is 2. The fourth-order valence-corrected chi connectivity index (χ4v) is 5.15. The fraction of sp³-hybridized carbons (Fsp3) is 0.269. The number of hydrogen-bond donors (Lipinski definition) is 2. The van der Waals surface area contributed by atoms with E-state index in [0.717, 1.165) is 25.6 Å². The molecule has 1 saturated heterocycles. The number of piperidine rings is 1. The molecule has 7 heteroatoms. The maximum Gasteiger partial charge on any atom is 0.261 e. The van der Waals surface area contributed by atoms with Crippen molar-refractivity contribution >= 4 is 27.3 Å². The van der Waals surface area contributed by atoms with Crippen molar-refractivity contribution in [2.45, 2.75) is 31.2 Å². The number of nitrogens with one attached hydrogen (secondary N) is 2. The number of sulfonamides is 1. The van der Waals surface area contributed by atoms with Crippen LogP contribution in [0.1, 0.15) is 35.7 Å². The topological polar surface area (TPSA) is 78.5 Å². The van der Waals surface area contributed by atoms with Gasteiger partial charge in [0.25, 0.3) is 15.9 Å². The van der Waals surface area contributed by atoms with Crippen LogP contribution in [0.25, 0.3) is 0 Å². The first-order valence-corrected chi connectivity index (χ1v) is 12.7. The van der Waals surface area contributed by atoms with Gasteiger partial charge in [0, 0.05) is 30.0 Å². The van der Waals surface area contributed by atoms with E-state index in [9.17, 15) is 13.2 Å². The van der Waals surface area contributed by atoms with Gasteiger partial charge in [-0.3, -0.25) is 14.4 Å². The minimum atomic E-state index is -3.70. The Morgan fingerprint density at radius 3 is 2.30 bits per heavy atom. The number of carbonyl (C=O) groups is 1. The van der Waals surface area contributed by atoms with Crippen LogP contribution in [0.2, 0.25) is 0 Å². The molecule has 3 aromatic rings. The van der Waals surface area contributed by atoms with E-state index >= 15 is 0 Å². The Hall–Kier alpha value is -3.16. The van der Waals surface area contributed by atoms with Crippen molar-refractivity contribution in [3.8, 4) is 0 Å². The molecule has 0 saturated carbocycles. The summed E-state index contributed by atoms with van der Waals surface area (Å²) in [6, 6.07) is 22.5. The highest BCUT2D eigenvalue weighted by Gasteiger charge is 2.17. The standard InChI is InChI=1S/C26H29N3O3S/c1-20-6-5-17-29(18-20)19-21-9-11-22(12-10-21)26(30)27-23-13-15-25(16-14-23)33(31,32)28-24-7-3-2-4-8-24/h2-4,7-16,20,28H,5-6,17-19H2,1H3,(H,27,30)/t20-/m0/s1. The molecule has 4 rings (SSSR count). The van der Waals surface area contributed by atoms with Gasteiger partial charge in [0.1, 0.15) is 0 Å². The van der Waals surface area contributed by atoms with E-state index in [-0.39, 0.29) is 10.8 Å². The van der Waals surface area contributed by atoms with Crippen LogP contribution in [0.5, 0.6) is 0 Å². The number of nitrogens with zero attached hydrogens (tertiary/aromatic N) is 1. The Morgan fingerprint density at radius 1 is 0.939 bits per heavy atom. The molecule has 1 aliphatic heterocycles. The Labute approximate surface area is 195 Å². The first-order chi connectivity index (χ1) is 15.9. The predicted octanol–water partition coefficient (Wildman–Crippen LogP) is 4.97. The van der Waals surface area contributed by atoms with Gasteiger partial charge in [-0.15, -0.1) is 0 Å². The van der Waals surface area contributed by atoms with Crippen molar-refractivity contribution in [3.05, 3.63) is 90.0 Å². The molecule has 0 unspecified atom stereocenters. The molecule has 1 atom stereocenters. The largest absolute Gasteiger partial charge is 0.322 e. The molecule has 1 fully saturated rings. The van der Waals surface area contributed by atoms with E-state index in [1.54, 1.807) is 36.4 Å². The second-order valence-corrected chi connectivity index (χ2v) is 10.3. The van der Waals surface area contributed by atoms with Gasteiger partial charge >= 0.3 is 0 Å². The Kier molecular flexibility index (Phi) is 7.11. The van der Waals surface area contributed by atoms with Crippen LogP contribution < -0.4 is 10.0 Å². The molecule has 1 heterocycles. The average molecular weight is 464 g/mol. The average Bonchev–Trinajstić information content (AvgIpc) is 2.80. The lowest BCUT2D eigenvalue weighted by molar-refractivity contribution is 0.102. The van der Waals surface area contributed by atoms with Gasteiger partial charge in [0.05, 0.1) is 4.90 Å². The minimum Gasteiger partial charge on any atom is -0.322 e. The first kappa shape index (κ1) is 23.0. The number of benzene rings is 3. The third-order valence-electron chi connectivity index (χ3n) is 5.81. The summed E-state index contributed by atoms with van der Waals surface area (Å²) in [5.74, 6) is 0.505. The smallest absolute Gasteiger partial charge is 0.261 e. The summed E-state index contributed by atoms with van der Waals surface area (Å²) in [5.41, 5.74) is 2.78. The third kappa shape index (κ3) is 6.21. The van der Waals surface area contributed by atoms with Crippen molar-refractivity contribution in [3.63, 3.8) is 0 Å². The second kappa shape index (κ2) is 10.2. The second-order valence-electron chi connectivity index (χ2n) is 8.63. The van der Waals surface area contributed by atoms with Gasteiger partial charge in [0.2, 0.25) is 0 Å². The van der Waals surface area contributed by atoms with Crippen LogP contribution in [0, 0.1) is 5.92 Å². The summed E-state index contributed by atoms with van der Waals surface area (Å²) < 4.78 is 27.6. The molecular formula is C26H29N3O3S. The van der Waals surface area contributed by atoms with Crippen molar-refractivity contribution < 1.29 is 13.2 Å². The molecular weight excluding hydrogens is 434 g/mol. The lowest BCUT2D eigenvalue weighted by Gasteiger charge is -2.30. The van der Waals surface area contributed by atoms with Gasteiger partial charge in [-0.25, -0.2) is 8.42 Å². The Morgan fingerprint density at radius 2 is 1.64 bits per heavy atom. The highest BCUT2D eigenvalue weighted by atomic mass is 32.2. The zero-order valence-corrected chi connectivity index (χ0v) is 19.5. The van der Waals surface area contributed by atoms with E-state index in [2.05, 4.69) is 21.9 Å². The SMILES string of the molecule is C[C@H]1CCCN(Cc2ccc(C(=O)Nc3ccc(S(=O)(=O)Nc4ccccc4)cc3)cc2)C1. The highest BCUT2D eigenvalue weighted by molar-refractivity contribution is 7.92.